The van der Waals surface area contributed by atoms with E-state index in [2.05, 4.69) is 0 Å². The van der Waals surface area contributed by atoms with E-state index in [1.165, 1.54) is 0 Å². The highest BCUT2D eigenvalue weighted by molar-refractivity contribution is 6.02. The fourth-order valence-electron chi connectivity index (χ4n) is 4.61. The van der Waals surface area contributed by atoms with E-state index in [0.717, 1.165) is 46.1 Å². The van der Waals surface area contributed by atoms with Crippen molar-refractivity contribution in [3.05, 3.63) is 71.3 Å². The van der Waals surface area contributed by atoms with Crippen molar-refractivity contribution in [3.63, 3.8) is 0 Å². The first-order valence-electron chi connectivity index (χ1n) is 11.2. The minimum Gasteiger partial charge on any atom is -0.497 e. The SMILES string of the molecule is COc1ccc(C2=NN3[C@H](C2)c2cc(OC)ccc2O[C@H]3c2cc(OC)c(OC)c(OC)c2)cc1. The van der Waals surface area contributed by atoms with E-state index in [4.69, 9.17) is 33.5 Å². The van der Waals surface area contributed by atoms with Gasteiger partial charge in [0.2, 0.25) is 12.0 Å². The summed E-state index contributed by atoms with van der Waals surface area (Å²) < 4.78 is 34.0. The Morgan fingerprint density at radius 1 is 0.771 bits per heavy atom. The Bertz CT molecular complexity index is 1230. The number of ether oxygens (including phenoxy) is 6. The van der Waals surface area contributed by atoms with E-state index < -0.39 is 6.23 Å². The van der Waals surface area contributed by atoms with Crippen LogP contribution in [0.3, 0.4) is 0 Å². The predicted octanol–water partition coefficient (Wildman–Crippen LogP) is 4.97. The number of rotatable bonds is 7. The van der Waals surface area contributed by atoms with Crippen LogP contribution in [-0.4, -0.2) is 46.3 Å². The topological polar surface area (TPSA) is 71.0 Å². The van der Waals surface area contributed by atoms with Gasteiger partial charge < -0.3 is 28.4 Å². The number of hydrazone groups is 1. The molecule has 2 heterocycles. The standard InChI is InChI=1S/C27H28N2O6/c1-30-18-8-6-16(7-9-18)21-15-22-20-14-19(31-2)10-11-23(20)35-27(29(22)28-21)17-12-24(32-3)26(34-5)25(13-17)33-4/h6-14,22,27H,15H2,1-5H3/t22-,27+/m1/s1. The van der Waals surface area contributed by atoms with Crippen LogP contribution < -0.4 is 28.4 Å². The average molecular weight is 477 g/mol. The molecule has 182 valence electrons. The molecule has 0 amide bonds. The number of hydrogen-bond acceptors (Lipinski definition) is 8. The third-order valence-corrected chi connectivity index (χ3v) is 6.39. The molecule has 0 fully saturated rings. The molecule has 0 saturated carbocycles. The number of fused-ring (bicyclic) bond motifs is 3. The third-order valence-electron chi connectivity index (χ3n) is 6.39. The maximum atomic E-state index is 6.52. The molecule has 8 heteroatoms. The van der Waals surface area contributed by atoms with E-state index in [1.807, 2.05) is 59.6 Å². The van der Waals surface area contributed by atoms with Crippen LogP contribution in [0.25, 0.3) is 0 Å². The molecule has 2 aliphatic rings. The summed E-state index contributed by atoms with van der Waals surface area (Å²) in [6.07, 6.45) is 0.224. The second kappa shape index (κ2) is 9.29. The van der Waals surface area contributed by atoms with Crippen molar-refractivity contribution < 1.29 is 28.4 Å². The van der Waals surface area contributed by atoms with Crippen LogP contribution in [0.4, 0.5) is 0 Å². The molecule has 0 aliphatic carbocycles. The lowest BCUT2D eigenvalue weighted by atomic mass is 9.95. The van der Waals surface area contributed by atoms with Gasteiger partial charge in [0.05, 0.1) is 47.3 Å². The molecule has 8 nitrogen and oxygen atoms in total. The van der Waals surface area contributed by atoms with Crippen molar-refractivity contribution in [2.24, 2.45) is 5.10 Å². The van der Waals surface area contributed by atoms with Crippen LogP contribution >= 0.6 is 0 Å². The summed E-state index contributed by atoms with van der Waals surface area (Å²) in [5.74, 6) is 4.01. The molecule has 0 unspecified atom stereocenters. The Kier molecular flexibility index (Phi) is 6.03. The largest absolute Gasteiger partial charge is 0.497 e. The molecular weight excluding hydrogens is 448 g/mol. The molecule has 5 rings (SSSR count). The molecule has 0 spiro atoms. The van der Waals surface area contributed by atoms with Gasteiger partial charge in [-0.3, -0.25) is 0 Å². The van der Waals surface area contributed by atoms with Gasteiger partial charge in [-0.25, -0.2) is 5.01 Å². The van der Waals surface area contributed by atoms with Gasteiger partial charge >= 0.3 is 0 Å². The Hall–Kier alpha value is -4.07. The highest BCUT2D eigenvalue weighted by Crippen LogP contribution is 2.50. The molecule has 2 atom stereocenters. The fraction of sp³-hybridized carbons (Fsp3) is 0.296. The molecule has 35 heavy (non-hydrogen) atoms. The van der Waals surface area contributed by atoms with Crippen LogP contribution in [0.1, 0.15) is 35.4 Å². The first-order valence-corrected chi connectivity index (χ1v) is 11.2. The van der Waals surface area contributed by atoms with Crippen molar-refractivity contribution in [2.45, 2.75) is 18.7 Å². The van der Waals surface area contributed by atoms with E-state index in [1.54, 1.807) is 35.5 Å². The van der Waals surface area contributed by atoms with Crippen molar-refractivity contribution in [1.82, 2.24) is 5.01 Å². The highest BCUT2D eigenvalue weighted by atomic mass is 16.5. The Morgan fingerprint density at radius 3 is 2.03 bits per heavy atom. The predicted molar refractivity (Wildman–Crippen MR) is 131 cm³/mol. The maximum absolute atomic E-state index is 6.52. The summed E-state index contributed by atoms with van der Waals surface area (Å²) in [5.41, 5.74) is 3.87. The van der Waals surface area contributed by atoms with Crippen LogP contribution in [0.2, 0.25) is 0 Å². The van der Waals surface area contributed by atoms with Gasteiger partial charge in [-0.1, -0.05) is 0 Å². The summed E-state index contributed by atoms with van der Waals surface area (Å²) in [5, 5.41) is 7.03. The van der Waals surface area contributed by atoms with Gasteiger partial charge in [0.15, 0.2) is 11.5 Å². The van der Waals surface area contributed by atoms with Gasteiger partial charge in [0.25, 0.3) is 0 Å². The van der Waals surface area contributed by atoms with Crippen LogP contribution in [-0.2, 0) is 0 Å². The minimum absolute atomic E-state index is 0.0324. The lowest BCUT2D eigenvalue weighted by molar-refractivity contribution is -0.0194. The van der Waals surface area contributed by atoms with Gasteiger partial charge in [-0.2, -0.15) is 5.10 Å². The molecule has 0 saturated heterocycles. The lowest BCUT2D eigenvalue weighted by Gasteiger charge is -2.38. The van der Waals surface area contributed by atoms with E-state index in [-0.39, 0.29) is 6.04 Å². The van der Waals surface area contributed by atoms with E-state index >= 15 is 0 Å². The van der Waals surface area contributed by atoms with E-state index in [9.17, 15) is 0 Å². The second-order valence-electron chi connectivity index (χ2n) is 8.21. The molecule has 2 aliphatic heterocycles. The fourth-order valence-corrected chi connectivity index (χ4v) is 4.61. The zero-order valence-corrected chi connectivity index (χ0v) is 20.4. The van der Waals surface area contributed by atoms with Crippen LogP contribution in [0.15, 0.2) is 59.7 Å². The average Bonchev–Trinajstić information content (AvgIpc) is 3.37. The zero-order valence-electron chi connectivity index (χ0n) is 20.4. The molecule has 3 aromatic rings. The Labute approximate surface area is 204 Å². The Morgan fingerprint density at radius 2 is 1.43 bits per heavy atom. The molecule has 0 N–H and O–H groups in total. The molecule has 0 aromatic heterocycles. The smallest absolute Gasteiger partial charge is 0.214 e. The second-order valence-corrected chi connectivity index (χ2v) is 8.21. The highest BCUT2D eigenvalue weighted by Gasteiger charge is 2.42. The summed E-state index contributed by atoms with van der Waals surface area (Å²) in [6, 6.07) is 17.6. The van der Waals surface area contributed by atoms with Gasteiger partial charge in [0.1, 0.15) is 17.2 Å². The summed E-state index contributed by atoms with van der Waals surface area (Å²) >= 11 is 0. The van der Waals surface area contributed by atoms with E-state index in [0.29, 0.717) is 17.2 Å². The van der Waals surface area contributed by atoms with Crippen molar-refractivity contribution in [3.8, 4) is 34.5 Å². The van der Waals surface area contributed by atoms with Gasteiger partial charge in [-0.15, -0.1) is 0 Å². The Balaban J connectivity index is 1.61. The van der Waals surface area contributed by atoms with Crippen LogP contribution in [0, 0.1) is 0 Å². The monoisotopic (exact) mass is 476 g/mol. The number of hydrogen-bond donors (Lipinski definition) is 0. The summed E-state index contributed by atoms with van der Waals surface area (Å²) in [4.78, 5) is 0. The minimum atomic E-state index is -0.495. The first kappa shape index (κ1) is 22.7. The molecule has 3 aromatic carbocycles. The number of benzene rings is 3. The summed E-state index contributed by atoms with van der Waals surface area (Å²) in [6.45, 7) is 0. The molecule has 0 radical (unpaired) electrons. The van der Waals surface area contributed by atoms with Gasteiger partial charge in [0, 0.05) is 17.5 Å². The third kappa shape index (κ3) is 3.95. The summed E-state index contributed by atoms with van der Waals surface area (Å²) in [7, 11) is 8.11. The number of nitrogens with zero attached hydrogens (tertiary/aromatic N) is 2. The molecule has 0 bridgehead atoms. The normalized spacial score (nSPS) is 18.1. The number of methoxy groups -OCH3 is 5. The zero-order chi connectivity index (χ0) is 24.5. The van der Waals surface area contributed by atoms with Gasteiger partial charge in [-0.05, 0) is 60.2 Å². The first-order chi connectivity index (χ1) is 17.1. The maximum Gasteiger partial charge on any atom is 0.214 e. The lowest BCUT2D eigenvalue weighted by Crippen LogP contribution is -2.33. The van der Waals surface area contributed by atoms with Crippen molar-refractivity contribution in [1.29, 1.82) is 0 Å². The van der Waals surface area contributed by atoms with Crippen molar-refractivity contribution >= 4 is 5.71 Å². The quantitative estimate of drug-likeness (QED) is 0.477. The molecular formula is C27H28N2O6. The van der Waals surface area contributed by atoms with Crippen LogP contribution in [0.5, 0.6) is 34.5 Å². The van der Waals surface area contributed by atoms with Crippen molar-refractivity contribution in [2.75, 3.05) is 35.5 Å².